The Morgan fingerprint density at radius 1 is 1.34 bits per heavy atom. The van der Waals surface area contributed by atoms with E-state index in [2.05, 4.69) is 20.6 Å². The molecular weight excluding hydrogens is 377 g/mol. The number of amides is 2. The van der Waals surface area contributed by atoms with Crippen molar-refractivity contribution in [2.24, 2.45) is 7.05 Å². The van der Waals surface area contributed by atoms with E-state index in [9.17, 15) is 9.18 Å². The smallest absolute Gasteiger partial charge is 0.315 e. The van der Waals surface area contributed by atoms with Gasteiger partial charge in [0.1, 0.15) is 24.0 Å². The summed E-state index contributed by atoms with van der Waals surface area (Å²) in [5, 5.41) is 5.79. The summed E-state index contributed by atoms with van der Waals surface area (Å²) in [6.07, 6.45) is 6.10. The van der Waals surface area contributed by atoms with Crippen LogP contribution in [-0.4, -0.2) is 39.8 Å². The van der Waals surface area contributed by atoms with E-state index in [1.54, 1.807) is 24.6 Å². The lowest BCUT2D eigenvalue weighted by Crippen LogP contribution is -2.44. The van der Waals surface area contributed by atoms with Gasteiger partial charge in [-0.3, -0.25) is 0 Å². The number of ether oxygens (including phenoxy) is 1. The predicted molar refractivity (Wildman–Crippen MR) is 102 cm³/mol. The number of halogens is 1. The van der Waals surface area contributed by atoms with E-state index in [4.69, 9.17) is 9.15 Å². The Morgan fingerprint density at radius 3 is 2.93 bits per heavy atom. The molecule has 0 spiro atoms. The van der Waals surface area contributed by atoms with E-state index in [0.29, 0.717) is 36.7 Å². The molecule has 0 saturated carbocycles. The number of aromatic nitrogens is 3. The number of nitrogens with one attached hydrogen (secondary N) is 2. The molecule has 1 saturated heterocycles. The Labute approximate surface area is 167 Å². The molecule has 0 bridgehead atoms. The van der Waals surface area contributed by atoms with Crippen LogP contribution >= 0.6 is 0 Å². The highest BCUT2D eigenvalue weighted by Crippen LogP contribution is 2.27. The van der Waals surface area contributed by atoms with E-state index < -0.39 is 0 Å². The average molecular weight is 399 g/mol. The number of carbonyl (C=O) groups is 1. The minimum Gasteiger partial charge on any atom is -0.444 e. The zero-order valence-electron chi connectivity index (χ0n) is 16.0. The van der Waals surface area contributed by atoms with Crippen LogP contribution < -0.4 is 10.6 Å². The maximum Gasteiger partial charge on any atom is 0.315 e. The number of urea groups is 1. The van der Waals surface area contributed by atoms with E-state index in [1.807, 2.05) is 17.8 Å². The second kappa shape index (κ2) is 8.44. The summed E-state index contributed by atoms with van der Waals surface area (Å²) in [6, 6.07) is 5.54. The number of rotatable bonds is 6. The molecule has 1 fully saturated rings. The fourth-order valence-electron chi connectivity index (χ4n) is 3.31. The summed E-state index contributed by atoms with van der Waals surface area (Å²) in [4.78, 5) is 21.0. The highest BCUT2D eigenvalue weighted by molar-refractivity contribution is 5.74. The Kier molecular flexibility index (Phi) is 5.57. The van der Waals surface area contributed by atoms with Gasteiger partial charge in [-0.15, -0.1) is 0 Å². The van der Waals surface area contributed by atoms with Gasteiger partial charge in [-0.2, -0.15) is 0 Å². The van der Waals surface area contributed by atoms with Crippen LogP contribution in [0.15, 0.2) is 47.3 Å². The van der Waals surface area contributed by atoms with Crippen molar-refractivity contribution < 1.29 is 18.3 Å². The summed E-state index contributed by atoms with van der Waals surface area (Å²) in [7, 11) is 1.90. The van der Waals surface area contributed by atoms with Crippen molar-refractivity contribution in [1.82, 2.24) is 25.2 Å². The molecule has 29 heavy (non-hydrogen) atoms. The van der Waals surface area contributed by atoms with Gasteiger partial charge in [-0.25, -0.2) is 19.2 Å². The number of benzene rings is 1. The Morgan fingerprint density at radius 2 is 2.17 bits per heavy atom. The first kappa shape index (κ1) is 19.1. The van der Waals surface area contributed by atoms with Crippen LogP contribution in [0.1, 0.15) is 24.0 Å². The van der Waals surface area contributed by atoms with Crippen LogP contribution in [0.2, 0.25) is 0 Å². The fourth-order valence-corrected chi connectivity index (χ4v) is 3.31. The Bertz CT molecular complexity index is 969. The number of oxazole rings is 1. The van der Waals surface area contributed by atoms with Crippen molar-refractivity contribution in [2.45, 2.75) is 25.0 Å². The van der Waals surface area contributed by atoms with Gasteiger partial charge in [0, 0.05) is 44.6 Å². The van der Waals surface area contributed by atoms with Gasteiger partial charge in [0.05, 0.1) is 11.7 Å². The van der Waals surface area contributed by atoms with Crippen LogP contribution in [0.4, 0.5) is 9.18 Å². The molecule has 0 unspecified atom stereocenters. The van der Waals surface area contributed by atoms with Gasteiger partial charge < -0.3 is 24.4 Å². The quantitative estimate of drug-likeness (QED) is 0.664. The Hall–Kier alpha value is -3.20. The van der Waals surface area contributed by atoms with E-state index >= 15 is 0 Å². The summed E-state index contributed by atoms with van der Waals surface area (Å²) in [5.41, 5.74) is 1.41. The number of hydrogen-bond acceptors (Lipinski definition) is 5. The molecule has 1 aliphatic rings. The zero-order valence-corrected chi connectivity index (χ0v) is 16.0. The van der Waals surface area contributed by atoms with Crippen LogP contribution in [0.25, 0.3) is 11.5 Å². The lowest BCUT2D eigenvalue weighted by molar-refractivity contribution is 0.0908. The number of imidazole rings is 1. The van der Waals surface area contributed by atoms with Gasteiger partial charge in [0.2, 0.25) is 5.89 Å². The molecule has 1 aromatic carbocycles. The third-order valence-corrected chi connectivity index (χ3v) is 4.83. The average Bonchev–Trinajstić information content (AvgIpc) is 3.44. The van der Waals surface area contributed by atoms with E-state index in [1.165, 1.54) is 12.1 Å². The first-order chi connectivity index (χ1) is 14.1. The molecule has 2 atom stereocenters. The van der Waals surface area contributed by atoms with E-state index in [0.717, 1.165) is 12.2 Å². The second-order valence-corrected chi connectivity index (χ2v) is 6.88. The van der Waals surface area contributed by atoms with Gasteiger partial charge in [-0.1, -0.05) is 0 Å². The molecule has 8 nitrogen and oxygen atoms in total. The summed E-state index contributed by atoms with van der Waals surface area (Å²) < 4.78 is 26.1. The largest absolute Gasteiger partial charge is 0.444 e. The van der Waals surface area contributed by atoms with Crippen molar-refractivity contribution in [2.75, 3.05) is 13.2 Å². The summed E-state index contributed by atoms with van der Waals surface area (Å²) in [6.45, 7) is 0.982. The molecule has 2 amide bonds. The van der Waals surface area contributed by atoms with Crippen molar-refractivity contribution in [3.05, 3.63) is 60.3 Å². The zero-order chi connectivity index (χ0) is 20.2. The maximum atomic E-state index is 13.0. The number of hydrogen-bond donors (Lipinski definition) is 2. The third kappa shape index (κ3) is 4.45. The third-order valence-electron chi connectivity index (χ3n) is 4.83. The van der Waals surface area contributed by atoms with Crippen molar-refractivity contribution in [3.8, 4) is 11.5 Å². The lowest BCUT2D eigenvalue weighted by Gasteiger charge is -2.19. The van der Waals surface area contributed by atoms with Crippen molar-refractivity contribution in [1.29, 1.82) is 0 Å². The lowest BCUT2D eigenvalue weighted by atomic mass is 10.1. The summed E-state index contributed by atoms with van der Waals surface area (Å²) in [5.74, 6) is 0.905. The topological polar surface area (TPSA) is 94.2 Å². The van der Waals surface area contributed by atoms with Crippen molar-refractivity contribution >= 4 is 6.03 Å². The molecule has 0 aliphatic carbocycles. The number of aryl methyl sites for hydroxylation is 1. The van der Waals surface area contributed by atoms with Crippen molar-refractivity contribution in [3.63, 3.8) is 0 Å². The van der Waals surface area contributed by atoms with Gasteiger partial charge >= 0.3 is 6.03 Å². The first-order valence-electron chi connectivity index (χ1n) is 9.43. The minimum absolute atomic E-state index is 0.131. The minimum atomic E-state index is -0.312. The SMILES string of the molecule is Cn1ccnc1[C@@H]1OCC[C@H]1NC(=O)NCCc1coc(-c2ccc(F)cc2)n1. The molecule has 2 aromatic heterocycles. The van der Waals surface area contributed by atoms with Crippen LogP contribution in [-0.2, 0) is 18.2 Å². The normalized spacial score (nSPS) is 18.7. The Balaban J connectivity index is 1.26. The molecule has 3 heterocycles. The molecule has 152 valence electrons. The number of nitrogens with zero attached hydrogens (tertiary/aromatic N) is 3. The number of carbonyl (C=O) groups excluding carboxylic acids is 1. The summed E-state index contributed by atoms with van der Waals surface area (Å²) >= 11 is 0. The maximum absolute atomic E-state index is 13.0. The molecular formula is C20H22FN5O3. The molecule has 9 heteroatoms. The van der Waals surface area contributed by atoms with Crippen LogP contribution in [0.5, 0.6) is 0 Å². The predicted octanol–water partition coefficient (Wildman–Crippen LogP) is 2.59. The van der Waals surface area contributed by atoms with Gasteiger partial charge in [0.15, 0.2) is 0 Å². The fraction of sp³-hybridized carbons (Fsp3) is 0.350. The van der Waals surface area contributed by atoms with Crippen LogP contribution in [0, 0.1) is 5.82 Å². The van der Waals surface area contributed by atoms with E-state index in [-0.39, 0.29) is 24.0 Å². The second-order valence-electron chi connectivity index (χ2n) is 6.88. The first-order valence-corrected chi connectivity index (χ1v) is 9.43. The molecule has 1 aliphatic heterocycles. The highest BCUT2D eigenvalue weighted by Gasteiger charge is 2.33. The highest BCUT2D eigenvalue weighted by atomic mass is 19.1. The van der Waals surface area contributed by atoms with Gasteiger partial charge in [-0.05, 0) is 30.7 Å². The monoisotopic (exact) mass is 399 g/mol. The molecule has 4 rings (SSSR count). The molecule has 3 aromatic rings. The molecule has 2 N–H and O–H groups in total. The van der Waals surface area contributed by atoms with Crippen LogP contribution in [0.3, 0.4) is 0 Å². The van der Waals surface area contributed by atoms with Gasteiger partial charge in [0.25, 0.3) is 0 Å². The molecule has 0 radical (unpaired) electrons. The standard InChI is InChI=1S/C20H22FN5O3/c1-26-10-9-22-18(26)17-16(7-11-28-17)25-20(27)23-8-6-15-12-29-19(24-15)13-2-4-14(21)5-3-13/h2-5,9-10,12,16-17H,6-8,11H2,1H3,(H2,23,25,27)/t16-,17-/m1/s1.